The van der Waals surface area contributed by atoms with E-state index in [-0.39, 0.29) is 75.7 Å². The fourth-order valence-electron chi connectivity index (χ4n) is 1.74. The number of halogens is 1. The van der Waals surface area contributed by atoms with Gasteiger partial charge in [0.1, 0.15) is 0 Å². The normalized spacial score (nSPS) is 9.89. The van der Waals surface area contributed by atoms with Gasteiger partial charge in [0.2, 0.25) is 5.76 Å². The van der Waals surface area contributed by atoms with E-state index in [4.69, 9.17) is 4.42 Å². The molecule has 0 spiro atoms. The molecule has 1 aromatic rings. The molecule has 92 valence electrons. The summed E-state index contributed by atoms with van der Waals surface area (Å²) in [4.78, 5) is 11.2. The van der Waals surface area contributed by atoms with Crippen LogP contribution in [0.15, 0.2) is 45.6 Å². The first-order chi connectivity index (χ1) is 8.15. The van der Waals surface area contributed by atoms with Gasteiger partial charge >= 0.3 is 29.6 Å². The second kappa shape index (κ2) is 5.79. The van der Waals surface area contributed by atoms with E-state index < -0.39 is 0 Å². The fourth-order valence-corrected chi connectivity index (χ4v) is 1.74. The van der Waals surface area contributed by atoms with Crippen molar-refractivity contribution in [1.29, 1.82) is 0 Å². The van der Waals surface area contributed by atoms with E-state index in [0.717, 1.165) is 0 Å². The van der Waals surface area contributed by atoms with Gasteiger partial charge in [0.15, 0.2) is 11.0 Å². The van der Waals surface area contributed by atoms with Gasteiger partial charge in [0.25, 0.3) is 11.2 Å². The Kier molecular flexibility index (Phi) is 4.81. The van der Waals surface area contributed by atoms with Crippen LogP contribution in [0.5, 0.6) is 5.75 Å². The van der Waals surface area contributed by atoms with E-state index in [1.807, 2.05) is 0 Å². The molecule has 1 aliphatic carbocycles. The minimum atomic E-state index is -0.251. The molecular weight excluding hydrogens is 281 g/mol. The van der Waals surface area contributed by atoms with Crippen molar-refractivity contribution in [3.8, 4) is 17.2 Å². The van der Waals surface area contributed by atoms with Crippen LogP contribution in [0.1, 0.15) is 0 Å². The number of hydrogen-bond donors (Lipinski definition) is 0. The predicted molar refractivity (Wildman–Crippen MR) is 64.8 cm³/mol. The summed E-state index contributed by atoms with van der Waals surface area (Å²) in [6, 6.07) is 7.83. The predicted octanol–water partition coefficient (Wildman–Crippen LogP) is -1.97. The number of aromatic nitrogens is 1. The van der Waals surface area contributed by atoms with Gasteiger partial charge in [-0.2, -0.15) is 4.73 Å². The standard InChI is InChI=1S/C12H7NO4.ClH.Na/c14-7-1-3-9-11(5-7)17-12-6-8(15)2-4-10(12)13(9)16;;/h1-6,14H;1H;/q;;+1/p-1. The molecule has 0 unspecified atom stereocenters. The van der Waals surface area contributed by atoms with Crippen LogP contribution in [0.2, 0.25) is 0 Å². The topological polar surface area (TPSA) is 80.2 Å². The van der Waals surface area contributed by atoms with Crippen molar-refractivity contribution in [3.05, 3.63) is 51.8 Å². The number of nitrogens with zero attached hydrogens (tertiary/aromatic N) is 1. The summed E-state index contributed by atoms with van der Waals surface area (Å²) in [5, 5.41) is 23.1. The van der Waals surface area contributed by atoms with Crippen LogP contribution in [-0.4, -0.2) is 0 Å². The third-order valence-electron chi connectivity index (χ3n) is 2.52. The van der Waals surface area contributed by atoms with Crippen LogP contribution in [0.4, 0.5) is 0 Å². The molecule has 0 radical (unpaired) electrons. The van der Waals surface area contributed by atoms with Crippen molar-refractivity contribution in [3.63, 3.8) is 0 Å². The zero-order valence-electron chi connectivity index (χ0n) is 9.95. The Balaban J connectivity index is 0.000000902. The third-order valence-corrected chi connectivity index (χ3v) is 2.52. The average molecular weight is 288 g/mol. The molecule has 0 N–H and O–H groups in total. The molecule has 0 atom stereocenters. The Hall–Kier alpha value is -1.27. The summed E-state index contributed by atoms with van der Waals surface area (Å²) >= 11 is 0. The van der Waals surface area contributed by atoms with E-state index in [0.29, 0.717) is 4.73 Å². The van der Waals surface area contributed by atoms with Crippen LogP contribution in [0, 0.1) is 5.21 Å². The Labute approximate surface area is 136 Å². The van der Waals surface area contributed by atoms with Gasteiger partial charge in [-0.3, -0.25) is 4.79 Å². The van der Waals surface area contributed by atoms with Crippen molar-refractivity contribution >= 4 is 23.5 Å². The van der Waals surface area contributed by atoms with Gasteiger partial charge in [-0.1, -0.05) is 6.07 Å². The first kappa shape index (κ1) is 15.8. The van der Waals surface area contributed by atoms with Crippen molar-refractivity contribution in [2.45, 2.75) is 0 Å². The molecule has 0 fully saturated rings. The maximum atomic E-state index is 12.0. The van der Waals surface area contributed by atoms with E-state index in [1.165, 1.54) is 36.4 Å². The number of hydrogen-bond acceptors (Lipinski definition) is 4. The maximum absolute atomic E-state index is 12.0. The fraction of sp³-hybridized carbons (Fsp3) is 0. The van der Waals surface area contributed by atoms with E-state index in [1.54, 1.807) is 0 Å². The molecule has 3 rings (SSSR count). The van der Waals surface area contributed by atoms with Crippen LogP contribution in [-0.2, 0) is 0 Å². The smallest absolute Gasteiger partial charge is 0.872 e. The van der Waals surface area contributed by atoms with Crippen LogP contribution in [0.3, 0.4) is 0 Å². The molecule has 1 aliphatic heterocycles. The van der Waals surface area contributed by atoms with Crippen molar-refractivity contribution in [1.82, 2.24) is 0 Å². The Morgan fingerprint density at radius 3 is 2.58 bits per heavy atom. The summed E-state index contributed by atoms with van der Waals surface area (Å²) in [7, 11) is 0. The molecule has 5 nitrogen and oxygen atoms in total. The largest absolute Gasteiger partial charge is 1.00 e. The van der Waals surface area contributed by atoms with Gasteiger partial charge < -0.3 is 14.7 Å². The Bertz CT molecular complexity index is 759. The van der Waals surface area contributed by atoms with Gasteiger partial charge in [0.05, 0.1) is 0 Å². The van der Waals surface area contributed by atoms with Crippen LogP contribution < -0.4 is 44.8 Å². The van der Waals surface area contributed by atoms with E-state index in [9.17, 15) is 15.1 Å². The van der Waals surface area contributed by atoms with Crippen LogP contribution >= 0.6 is 12.4 Å². The second-order valence-electron chi connectivity index (χ2n) is 3.66. The van der Waals surface area contributed by atoms with E-state index in [2.05, 4.69) is 0 Å². The summed E-state index contributed by atoms with van der Waals surface area (Å²) in [5.74, 6) is -0.0792. The zero-order valence-corrected chi connectivity index (χ0v) is 12.8. The first-order valence-electron chi connectivity index (χ1n) is 4.92. The van der Waals surface area contributed by atoms with Gasteiger partial charge in [-0.05, 0) is 12.1 Å². The Morgan fingerprint density at radius 1 is 1.11 bits per heavy atom. The molecule has 2 aliphatic rings. The number of fused-ring (bicyclic) bond motifs is 2. The molecule has 0 saturated heterocycles. The molecule has 0 aromatic heterocycles. The van der Waals surface area contributed by atoms with Gasteiger partial charge in [-0.25, -0.2) is 0 Å². The molecule has 0 amide bonds. The molecule has 19 heavy (non-hydrogen) atoms. The molecular formula is C12H7ClNNaO4. The minimum absolute atomic E-state index is 0. The van der Waals surface area contributed by atoms with Crippen molar-refractivity contribution in [2.24, 2.45) is 0 Å². The Morgan fingerprint density at radius 2 is 1.84 bits per heavy atom. The molecule has 1 heterocycles. The summed E-state index contributed by atoms with van der Waals surface area (Å²) < 4.78 is 6.01. The summed E-state index contributed by atoms with van der Waals surface area (Å²) in [6.45, 7) is 0. The molecule has 7 heteroatoms. The number of benzene rings is 2. The zero-order chi connectivity index (χ0) is 12.0. The van der Waals surface area contributed by atoms with Gasteiger partial charge in [0, 0.05) is 18.2 Å². The molecule has 0 saturated carbocycles. The third kappa shape index (κ3) is 2.69. The average Bonchev–Trinajstić information content (AvgIpc) is 2.28. The van der Waals surface area contributed by atoms with Crippen molar-refractivity contribution in [2.75, 3.05) is 0 Å². The SMILES string of the molecule is Cl.O=c1ccc2[n+]([O-])c3ccc([O-])cc3oc-2c1.[Na+]. The monoisotopic (exact) mass is 287 g/mol. The number of rotatable bonds is 0. The van der Waals surface area contributed by atoms with Gasteiger partial charge in [-0.15, -0.1) is 18.2 Å². The second-order valence-corrected chi connectivity index (χ2v) is 3.66. The summed E-state index contributed by atoms with van der Waals surface area (Å²) in [6.07, 6.45) is 0. The first-order valence-corrected chi connectivity index (χ1v) is 4.92. The van der Waals surface area contributed by atoms with E-state index >= 15 is 0 Å². The van der Waals surface area contributed by atoms with Crippen molar-refractivity contribution < 1.29 is 43.8 Å². The molecule has 1 aromatic carbocycles. The minimum Gasteiger partial charge on any atom is -0.872 e. The van der Waals surface area contributed by atoms with Crippen LogP contribution in [0.25, 0.3) is 22.6 Å². The summed E-state index contributed by atoms with van der Waals surface area (Å²) in [5.41, 5.74) is 0.441. The molecule has 0 bridgehead atoms. The maximum Gasteiger partial charge on any atom is 1.00 e. The quantitative estimate of drug-likeness (QED) is 0.208.